The number of amides is 3. The Balaban J connectivity index is 1.77. The predicted molar refractivity (Wildman–Crippen MR) is 93.7 cm³/mol. The predicted octanol–water partition coefficient (Wildman–Crippen LogP) is 1.54. The molecule has 0 aromatic rings. The number of nitrogens with one attached hydrogen (secondary N) is 3. The summed E-state index contributed by atoms with van der Waals surface area (Å²) >= 11 is 1.62. The molecule has 3 heterocycles. The average Bonchev–Trinajstić information content (AvgIpc) is 3.09. The lowest BCUT2D eigenvalue weighted by atomic mass is 9.89. The fourth-order valence-electron chi connectivity index (χ4n) is 3.97. The first-order chi connectivity index (χ1) is 11.6. The first kappa shape index (κ1) is 17.6. The van der Waals surface area contributed by atoms with Gasteiger partial charge in [0, 0.05) is 12.2 Å². The van der Waals surface area contributed by atoms with Crippen LogP contribution in [0.2, 0.25) is 0 Å². The van der Waals surface area contributed by atoms with Gasteiger partial charge in [-0.2, -0.15) is 0 Å². The maximum atomic E-state index is 13.1. The molecule has 0 saturated carbocycles. The molecule has 0 aromatic carbocycles. The summed E-state index contributed by atoms with van der Waals surface area (Å²) in [7, 11) is 0. The summed E-state index contributed by atoms with van der Waals surface area (Å²) in [5.74, 6) is 0.785. The number of ketones is 1. The molecular formula is C17H26N3O3S. The molecular weight excluding hydrogens is 326 g/mol. The van der Waals surface area contributed by atoms with E-state index < -0.39 is 10.8 Å². The van der Waals surface area contributed by atoms with Gasteiger partial charge in [0.05, 0.1) is 18.1 Å². The molecule has 3 N–H and O–H groups in total. The van der Waals surface area contributed by atoms with Gasteiger partial charge in [-0.15, -0.1) is 11.8 Å². The summed E-state index contributed by atoms with van der Waals surface area (Å²) in [6.45, 7) is 3.83. The monoisotopic (exact) mass is 352 g/mol. The van der Waals surface area contributed by atoms with Crippen molar-refractivity contribution in [3.63, 3.8) is 0 Å². The van der Waals surface area contributed by atoms with Crippen molar-refractivity contribution in [2.75, 3.05) is 5.75 Å². The maximum absolute atomic E-state index is 13.1. The normalized spacial score (nSPS) is 36.4. The highest BCUT2D eigenvalue weighted by Gasteiger charge is 2.58. The van der Waals surface area contributed by atoms with Gasteiger partial charge in [0.1, 0.15) is 4.75 Å². The van der Waals surface area contributed by atoms with Crippen LogP contribution >= 0.6 is 11.8 Å². The first-order valence-electron chi connectivity index (χ1n) is 8.91. The van der Waals surface area contributed by atoms with Crippen molar-refractivity contribution in [1.82, 2.24) is 16.0 Å². The Morgan fingerprint density at radius 2 is 1.96 bits per heavy atom. The number of rotatable bonds is 4. The second kappa shape index (κ2) is 7.33. The molecule has 24 heavy (non-hydrogen) atoms. The standard InChI is InChI=1S/C17H26N3O3S/c1-2-3-4-7-11-13(21)8-5-6-9-17(15(22)18-11)14-12(10-24-17)19-16(23)20-14/h11-12,14H,1-10H2,(H,18,22)(H2,19,20,23)/t11?,12-,14-,17-/m0/s1. The molecule has 1 unspecified atom stereocenters. The van der Waals surface area contributed by atoms with Crippen molar-refractivity contribution in [2.24, 2.45) is 0 Å². The molecule has 3 amide bonds. The molecule has 3 saturated heterocycles. The Labute approximate surface area is 147 Å². The summed E-state index contributed by atoms with van der Waals surface area (Å²) in [6, 6.07) is -0.790. The number of carbonyl (C=O) groups excluding carboxylic acids is 3. The summed E-state index contributed by atoms with van der Waals surface area (Å²) in [5, 5.41) is 8.84. The Bertz CT molecular complexity index is 527. The minimum absolute atomic E-state index is 0.00526. The fraction of sp³-hybridized carbons (Fsp3) is 0.765. The zero-order chi connectivity index (χ0) is 17.2. The van der Waals surface area contributed by atoms with Crippen LogP contribution in [0.25, 0.3) is 0 Å². The van der Waals surface area contributed by atoms with E-state index in [1.807, 2.05) is 0 Å². The number of hydrogen-bond acceptors (Lipinski definition) is 4. The van der Waals surface area contributed by atoms with Crippen LogP contribution in [0.3, 0.4) is 0 Å². The van der Waals surface area contributed by atoms with Crippen LogP contribution in [0.15, 0.2) is 0 Å². The van der Waals surface area contributed by atoms with Gasteiger partial charge >= 0.3 is 6.03 Å². The third kappa shape index (κ3) is 3.27. The van der Waals surface area contributed by atoms with Crippen LogP contribution in [0.5, 0.6) is 0 Å². The molecule has 133 valence electrons. The van der Waals surface area contributed by atoms with Crippen molar-refractivity contribution in [1.29, 1.82) is 0 Å². The smallest absolute Gasteiger partial charge is 0.315 e. The van der Waals surface area contributed by atoms with Crippen LogP contribution in [-0.2, 0) is 9.59 Å². The summed E-state index contributed by atoms with van der Waals surface area (Å²) in [6.07, 6.45) is 6.24. The lowest BCUT2D eigenvalue weighted by molar-refractivity contribution is -0.129. The summed E-state index contributed by atoms with van der Waals surface area (Å²) < 4.78 is -0.654. The third-order valence-corrected chi connectivity index (χ3v) is 7.01. The highest BCUT2D eigenvalue weighted by molar-refractivity contribution is 8.01. The number of fused-ring (bicyclic) bond motifs is 2. The molecule has 4 atom stereocenters. The quantitative estimate of drug-likeness (QED) is 0.529. The van der Waals surface area contributed by atoms with Crippen molar-refractivity contribution in [2.45, 2.75) is 74.2 Å². The molecule has 3 rings (SSSR count). The average molecular weight is 352 g/mol. The molecule has 3 aliphatic rings. The van der Waals surface area contributed by atoms with Crippen LogP contribution in [0.4, 0.5) is 4.79 Å². The minimum atomic E-state index is -0.654. The summed E-state index contributed by atoms with van der Waals surface area (Å²) in [4.78, 5) is 37.2. The van der Waals surface area contributed by atoms with Gasteiger partial charge in [-0.3, -0.25) is 9.59 Å². The van der Waals surface area contributed by atoms with Crippen molar-refractivity contribution in [3.8, 4) is 0 Å². The van der Waals surface area contributed by atoms with Crippen molar-refractivity contribution < 1.29 is 14.4 Å². The SMILES string of the molecule is [CH2]CCCCC1NC(=O)[C@@]2(CCCCC1=O)SC[C@@H]1NC(=O)N[C@@H]12. The van der Waals surface area contributed by atoms with Gasteiger partial charge in [0.15, 0.2) is 5.78 Å². The van der Waals surface area contributed by atoms with Crippen molar-refractivity contribution >= 4 is 29.5 Å². The number of urea groups is 1. The first-order valence-corrected chi connectivity index (χ1v) is 9.89. The van der Waals surface area contributed by atoms with Gasteiger partial charge in [0.25, 0.3) is 0 Å². The van der Waals surface area contributed by atoms with Crippen LogP contribution in [0, 0.1) is 6.92 Å². The highest BCUT2D eigenvalue weighted by atomic mass is 32.2. The van der Waals surface area contributed by atoms with E-state index in [1.54, 1.807) is 11.8 Å². The maximum Gasteiger partial charge on any atom is 0.315 e. The van der Waals surface area contributed by atoms with Gasteiger partial charge in [-0.05, 0) is 19.3 Å². The molecule has 0 aromatic heterocycles. The molecule has 0 aliphatic carbocycles. The fourth-order valence-corrected chi connectivity index (χ4v) is 5.61. The zero-order valence-electron chi connectivity index (χ0n) is 13.9. The third-order valence-electron chi connectivity index (χ3n) is 5.32. The van der Waals surface area contributed by atoms with Crippen LogP contribution in [-0.4, -0.2) is 46.3 Å². The van der Waals surface area contributed by atoms with E-state index in [0.29, 0.717) is 19.3 Å². The molecule has 3 fully saturated rings. The Kier molecular flexibility index (Phi) is 5.37. The van der Waals surface area contributed by atoms with Crippen LogP contribution < -0.4 is 16.0 Å². The number of Topliss-reactive ketones (excluding diaryl/α,β-unsaturated/α-hetero) is 1. The van der Waals surface area contributed by atoms with Gasteiger partial charge in [0.2, 0.25) is 5.91 Å². The Morgan fingerprint density at radius 1 is 1.12 bits per heavy atom. The largest absolute Gasteiger partial charge is 0.345 e. The van der Waals surface area contributed by atoms with E-state index in [9.17, 15) is 14.4 Å². The number of thioether (sulfide) groups is 1. The topological polar surface area (TPSA) is 87.3 Å². The zero-order valence-corrected chi connectivity index (χ0v) is 14.8. The van der Waals surface area contributed by atoms with Crippen molar-refractivity contribution in [3.05, 3.63) is 6.92 Å². The Morgan fingerprint density at radius 3 is 2.75 bits per heavy atom. The Hall–Kier alpha value is -1.24. The van der Waals surface area contributed by atoms with E-state index in [1.165, 1.54) is 0 Å². The van der Waals surface area contributed by atoms with Gasteiger partial charge in [-0.25, -0.2) is 4.79 Å². The second-order valence-corrected chi connectivity index (χ2v) is 8.30. The minimum Gasteiger partial charge on any atom is -0.345 e. The van der Waals surface area contributed by atoms with E-state index in [-0.39, 0.29) is 29.8 Å². The van der Waals surface area contributed by atoms with E-state index >= 15 is 0 Å². The molecule has 1 spiro atoms. The molecule has 1 radical (unpaired) electrons. The van der Waals surface area contributed by atoms with Crippen LogP contribution in [0.1, 0.15) is 51.4 Å². The van der Waals surface area contributed by atoms with E-state index in [4.69, 9.17) is 0 Å². The lowest BCUT2D eigenvalue weighted by Gasteiger charge is -2.33. The molecule has 7 heteroatoms. The molecule has 3 aliphatic heterocycles. The number of hydrogen-bond donors (Lipinski definition) is 3. The van der Waals surface area contributed by atoms with E-state index in [0.717, 1.165) is 37.9 Å². The number of unbranched alkanes of at least 4 members (excludes halogenated alkanes) is 2. The highest BCUT2D eigenvalue weighted by Crippen LogP contribution is 2.44. The molecule has 0 bridgehead atoms. The second-order valence-electron chi connectivity index (χ2n) is 6.95. The van der Waals surface area contributed by atoms with Gasteiger partial charge in [-0.1, -0.05) is 32.6 Å². The lowest BCUT2D eigenvalue weighted by Crippen LogP contribution is -2.58. The number of carbonyl (C=O) groups is 3. The van der Waals surface area contributed by atoms with E-state index in [2.05, 4.69) is 22.9 Å². The molecule has 6 nitrogen and oxygen atoms in total. The summed E-state index contributed by atoms with van der Waals surface area (Å²) in [5.41, 5.74) is 0. The van der Waals surface area contributed by atoms with Gasteiger partial charge < -0.3 is 16.0 Å².